The minimum absolute atomic E-state index is 0.0242. The Morgan fingerprint density at radius 2 is 1.66 bits per heavy atom. The summed E-state index contributed by atoms with van der Waals surface area (Å²) in [6.07, 6.45) is 0. The number of amides is 1. The van der Waals surface area contributed by atoms with E-state index in [1.807, 2.05) is 13.8 Å². The van der Waals surface area contributed by atoms with Crippen molar-refractivity contribution in [3.8, 4) is 0 Å². The number of hydrogen-bond acceptors (Lipinski definition) is 3. The fraction of sp³-hybridized carbons (Fsp3) is 0.211. The van der Waals surface area contributed by atoms with E-state index in [9.17, 15) is 4.79 Å². The van der Waals surface area contributed by atoms with Gasteiger partial charge in [-0.15, -0.1) is 0 Å². The summed E-state index contributed by atoms with van der Waals surface area (Å²) in [5.41, 5.74) is 1.35. The molecule has 0 atom stereocenters. The van der Waals surface area contributed by atoms with Gasteiger partial charge in [0.1, 0.15) is 6.54 Å². The summed E-state index contributed by atoms with van der Waals surface area (Å²) in [6, 6.07) is 10.2. The van der Waals surface area contributed by atoms with Crippen LogP contribution >= 0.6 is 46.4 Å². The predicted octanol–water partition coefficient (Wildman–Crippen LogP) is 5.47. The second-order valence-corrected chi connectivity index (χ2v) is 8.09. The molecule has 10 heteroatoms. The maximum absolute atomic E-state index is 12.0. The van der Waals surface area contributed by atoms with Gasteiger partial charge < -0.3 is 10.2 Å². The van der Waals surface area contributed by atoms with Crippen molar-refractivity contribution >= 4 is 75.6 Å². The summed E-state index contributed by atoms with van der Waals surface area (Å²) in [5, 5.41) is 7.89. The smallest absolute Gasteiger partial charge is 0.268 e. The Morgan fingerprint density at radius 1 is 1.00 bits per heavy atom. The van der Waals surface area contributed by atoms with Gasteiger partial charge in [-0.3, -0.25) is 10.1 Å². The third-order valence-electron chi connectivity index (χ3n) is 3.79. The summed E-state index contributed by atoms with van der Waals surface area (Å²) in [4.78, 5) is 22.3. The molecule has 0 spiro atoms. The van der Waals surface area contributed by atoms with Crippen LogP contribution in [0.3, 0.4) is 0 Å². The number of carbonyl (C=O) groups is 1. The van der Waals surface area contributed by atoms with Crippen molar-refractivity contribution in [2.24, 2.45) is 9.98 Å². The first-order valence-corrected chi connectivity index (χ1v) is 10.1. The highest BCUT2D eigenvalue weighted by molar-refractivity contribution is 6.42. The van der Waals surface area contributed by atoms with Crippen LogP contribution in [0.4, 0.5) is 11.4 Å². The molecule has 2 aromatic rings. The highest BCUT2D eigenvalue weighted by atomic mass is 35.5. The molecule has 29 heavy (non-hydrogen) atoms. The number of rotatable bonds is 3. The molecule has 6 nitrogen and oxygen atoms in total. The van der Waals surface area contributed by atoms with Gasteiger partial charge in [0.25, 0.3) is 5.91 Å². The Balaban J connectivity index is 1.86. The van der Waals surface area contributed by atoms with Crippen molar-refractivity contribution in [2.75, 3.05) is 16.8 Å². The monoisotopic (exact) mass is 471 g/mol. The number of halogens is 4. The van der Waals surface area contributed by atoms with Gasteiger partial charge in [0.05, 0.1) is 20.1 Å². The first-order chi connectivity index (χ1) is 13.7. The lowest BCUT2D eigenvalue weighted by Crippen LogP contribution is -2.45. The molecule has 3 rings (SSSR count). The van der Waals surface area contributed by atoms with Gasteiger partial charge in [0.15, 0.2) is 0 Å². The van der Waals surface area contributed by atoms with Gasteiger partial charge in [-0.1, -0.05) is 46.4 Å². The number of anilines is 2. The molecule has 0 aliphatic carbocycles. The maximum Gasteiger partial charge on any atom is 0.268 e. The number of guanidine groups is 2. The third kappa shape index (κ3) is 5.54. The number of hydrogen-bond donors (Lipinski definition) is 2. The molecule has 1 aliphatic rings. The summed E-state index contributed by atoms with van der Waals surface area (Å²) < 4.78 is 0. The largest absolute Gasteiger partial charge is 0.326 e. The van der Waals surface area contributed by atoms with Crippen LogP contribution in [0.2, 0.25) is 20.1 Å². The molecular formula is C19H17Cl4N5O. The number of benzene rings is 2. The zero-order chi connectivity index (χ0) is 21.1. The standard InChI is InChI=1S/C19H17Cl4N5O/c1-10(2)24-18(25-11-3-5-13(20)15(22)7-11)27-19-26-17(29)9-28(19)12-4-6-14(21)16(23)8-12/h3-8,10H,9H2,1-2H3,(H2,24,25,26,27,29). The number of nitrogens with one attached hydrogen (secondary N) is 2. The topological polar surface area (TPSA) is 69.1 Å². The lowest BCUT2D eigenvalue weighted by Gasteiger charge is -2.22. The van der Waals surface area contributed by atoms with Crippen LogP contribution in [0.5, 0.6) is 0 Å². The van der Waals surface area contributed by atoms with Crippen molar-refractivity contribution in [3.05, 3.63) is 56.5 Å². The van der Waals surface area contributed by atoms with Gasteiger partial charge in [-0.2, -0.15) is 4.99 Å². The molecule has 1 aliphatic heterocycles. The number of nitrogens with zero attached hydrogens (tertiary/aromatic N) is 3. The summed E-state index contributed by atoms with van der Waals surface area (Å²) in [6.45, 7) is 3.93. The minimum atomic E-state index is -0.294. The Kier molecular flexibility index (Phi) is 6.90. The summed E-state index contributed by atoms with van der Waals surface area (Å²) in [5.74, 6) is 0.425. The molecular weight excluding hydrogens is 456 g/mol. The molecule has 1 amide bonds. The zero-order valence-corrected chi connectivity index (χ0v) is 18.5. The first kappa shape index (κ1) is 21.7. The molecule has 0 saturated carbocycles. The Morgan fingerprint density at radius 3 is 2.28 bits per heavy atom. The van der Waals surface area contributed by atoms with Crippen molar-refractivity contribution < 1.29 is 4.79 Å². The molecule has 0 radical (unpaired) electrons. The Labute approximate surface area is 188 Å². The lowest BCUT2D eigenvalue weighted by molar-refractivity contribution is -0.115. The average molecular weight is 473 g/mol. The molecule has 1 heterocycles. The van der Waals surface area contributed by atoms with Gasteiger partial charge in [0, 0.05) is 17.4 Å². The van der Waals surface area contributed by atoms with E-state index in [4.69, 9.17) is 46.4 Å². The van der Waals surface area contributed by atoms with Crippen LogP contribution in [0.1, 0.15) is 13.8 Å². The van der Waals surface area contributed by atoms with E-state index in [2.05, 4.69) is 20.6 Å². The van der Waals surface area contributed by atoms with Crippen molar-refractivity contribution in [2.45, 2.75) is 19.9 Å². The van der Waals surface area contributed by atoms with Gasteiger partial charge in [-0.05, 0) is 50.2 Å². The van der Waals surface area contributed by atoms with E-state index in [1.54, 1.807) is 41.3 Å². The number of aliphatic imine (C=N–C) groups is 2. The van der Waals surface area contributed by atoms with Crippen LogP contribution < -0.4 is 15.5 Å². The van der Waals surface area contributed by atoms with E-state index in [-0.39, 0.29) is 18.5 Å². The van der Waals surface area contributed by atoms with Crippen molar-refractivity contribution in [1.82, 2.24) is 5.32 Å². The van der Waals surface area contributed by atoms with Crippen LogP contribution in [0.25, 0.3) is 0 Å². The molecule has 0 bridgehead atoms. The second-order valence-electron chi connectivity index (χ2n) is 6.46. The molecule has 0 aromatic heterocycles. The Hall–Kier alpha value is -1.99. The predicted molar refractivity (Wildman–Crippen MR) is 122 cm³/mol. The van der Waals surface area contributed by atoms with E-state index in [1.165, 1.54) is 0 Å². The van der Waals surface area contributed by atoms with Crippen molar-refractivity contribution in [1.29, 1.82) is 0 Å². The third-order valence-corrected chi connectivity index (χ3v) is 5.27. The highest BCUT2D eigenvalue weighted by Gasteiger charge is 2.26. The zero-order valence-electron chi connectivity index (χ0n) is 15.5. The van der Waals surface area contributed by atoms with Crippen LogP contribution in [-0.2, 0) is 4.79 Å². The molecule has 152 valence electrons. The lowest BCUT2D eigenvalue weighted by atomic mass is 10.3. The van der Waals surface area contributed by atoms with Gasteiger partial charge in [0.2, 0.25) is 11.9 Å². The van der Waals surface area contributed by atoms with E-state index < -0.39 is 0 Å². The van der Waals surface area contributed by atoms with Gasteiger partial charge in [-0.25, -0.2) is 4.99 Å². The molecule has 0 unspecified atom stereocenters. The van der Waals surface area contributed by atoms with Crippen LogP contribution in [0, 0.1) is 0 Å². The SMILES string of the molecule is CC(C)N=C(NC1=NC(=O)CN1c1ccc(Cl)c(Cl)c1)Nc1ccc(Cl)c(Cl)c1. The first-order valence-electron chi connectivity index (χ1n) is 8.64. The minimum Gasteiger partial charge on any atom is -0.326 e. The summed E-state index contributed by atoms with van der Waals surface area (Å²) in [7, 11) is 0. The van der Waals surface area contributed by atoms with E-state index in [0.717, 1.165) is 0 Å². The van der Waals surface area contributed by atoms with E-state index in [0.29, 0.717) is 43.4 Å². The molecule has 0 fully saturated rings. The fourth-order valence-electron chi connectivity index (χ4n) is 2.56. The number of carbonyl (C=O) groups excluding carboxylic acids is 1. The second kappa shape index (κ2) is 9.22. The average Bonchev–Trinajstić information content (AvgIpc) is 3.00. The Bertz CT molecular complexity index is 1010. The van der Waals surface area contributed by atoms with Crippen LogP contribution in [-0.4, -0.2) is 30.4 Å². The van der Waals surface area contributed by atoms with Crippen LogP contribution in [0.15, 0.2) is 46.4 Å². The fourth-order valence-corrected chi connectivity index (χ4v) is 3.15. The molecule has 2 N–H and O–H groups in total. The van der Waals surface area contributed by atoms with Crippen molar-refractivity contribution in [3.63, 3.8) is 0 Å². The highest BCUT2D eigenvalue weighted by Crippen LogP contribution is 2.28. The normalized spacial score (nSPS) is 14.4. The summed E-state index contributed by atoms with van der Waals surface area (Å²) >= 11 is 24.2. The van der Waals surface area contributed by atoms with Gasteiger partial charge >= 0.3 is 0 Å². The quantitative estimate of drug-likeness (QED) is 0.459. The molecule has 0 saturated heterocycles. The molecule has 2 aromatic carbocycles. The maximum atomic E-state index is 12.0. The van der Waals surface area contributed by atoms with E-state index >= 15 is 0 Å².